The number of nitrogens with zero attached hydrogens (tertiary/aromatic N) is 1. The second-order valence-electron chi connectivity index (χ2n) is 7.42. The Balaban J connectivity index is 1.70. The molecule has 0 bridgehead atoms. The summed E-state index contributed by atoms with van der Waals surface area (Å²) in [5.41, 5.74) is 0.955. The molecule has 0 saturated carbocycles. The summed E-state index contributed by atoms with van der Waals surface area (Å²) in [6, 6.07) is 23.4. The Hall–Kier alpha value is -3.51. The van der Waals surface area contributed by atoms with E-state index >= 15 is 0 Å². The minimum absolute atomic E-state index is 0.131. The van der Waals surface area contributed by atoms with Gasteiger partial charge in [0, 0.05) is 29.5 Å². The number of benzene rings is 3. The van der Waals surface area contributed by atoms with E-state index in [1.54, 1.807) is 10.8 Å². The summed E-state index contributed by atoms with van der Waals surface area (Å²) in [7, 11) is 0. The highest BCUT2D eigenvalue weighted by Crippen LogP contribution is 2.39. The number of hydrogen-bond acceptors (Lipinski definition) is 2. The maximum Gasteiger partial charge on any atom is 0.417 e. The molecule has 0 amide bonds. The molecule has 1 aromatic heterocycles. The first kappa shape index (κ1) is 22.7. The Labute approximate surface area is 193 Å². The lowest BCUT2D eigenvalue weighted by molar-refractivity contribution is -0.137. The van der Waals surface area contributed by atoms with Crippen molar-refractivity contribution in [3.63, 3.8) is 0 Å². The minimum atomic E-state index is -4.61. The van der Waals surface area contributed by atoms with Crippen molar-refractivity contribution in [2.45, 2.75) is 19.3 Å². The number of alkyl halides is 3. The molecule has 0 radical (unpaired) electrons. The van der Waals surface area contributed by atoms with E-state index in [2.05, 4.69) is 0 Å². The van der Waals surface area contributed by atoms with Crippen molar-refractivity contribution < 1.29 is 17.9 Å². The van der Waals surface area contributed by atoms with E-state index < -0.39 is 16.8 Å². The van der Waals surface area contributed by atoms with Crippen LogP contribution in [0, 0.1) is 0 Å². The standard InChI is InChI=1S/C26H19ClF3NO2/c27-25-21(10-6-11-22(25)26(28,29)30)23-15-20(32)13-14-31(23)16-19-9-4-5-12-24(19)33-17-18-7-2-1-3-8-18/h1-15H,16-17H2. The van der Waals surface area contributed by atoms with Crippen LogP contribution in [-0.4, -0.2) is 4.57 Å². The van der Waals surface area contributed by atoms with Crippen molar-refractivity contribution in [3.8, 4) is 17.0 Å². The topological polar surface area (TPSA) is 31.2 Å². The van der Waals surface area contributed by atoms with Crippen molar-refractivity contribution in [1.29, 1.82) is 0 Å². The monoisotopic (exact) mass is 469 g/mol. The van der Waals surface area contributed by atoms with Gasteiger partial charge in [-0.1, -0.05) is 72.3 Å². The molecule has 0 spiro atoms. The molecule has 0 N–H and O–H groups in total. The van der Waals surface area contributed by atoms with Crippen molar-refractivity contribution >= 4 is 11.6 Å². The summed E-state index contributed by atoms with van der Waals surface area (Å²) in [5, 5.41) is -0.446. The van der Waals surface area contributed by atoms with Gasteiger partial charge in [-0.15, -0.1) is 0 Å². The van der Waals surface area contributed by atoms with Crippen molar-refractivity contribution in [1.82, 2.24) is 4.57 Å². The lowest BCUT2D eigenvalue weighted by Crippen LogP contribution is -2.12. The SMILES string of the molecule is O=c1ccn(Cc2ccccc2OCc2ccccc2)c(-c2cccc(C(F)(F)F)c2Cl)c1. The molecule has 0 aliphatic heterocycles. The van der Waals surface area contributed by atoms with Gasteiger partial charge >= 0.3 is 6.18 Å². The number of para-hydroxylation sites is 1. The van der Waals surface area contributed by atoms with Gasteiger partial charge in [-0.05, 0) is 17.7 Å². The van der Waals surface area contributed by atoms with E-state index in [9.17, 15) is 18.0 Å². The van der Waals surface area contributed by atoms with E-state index in [-0.39, 0.29) is 23.2 Å². The number of pyridine rings is 1. The molecule has 0 saturated heterocycles. The highest BCUT2D eigenvalue weighted by molar-refractivity contribution is 6.34. The zero-order chi connectivity index (χ0) is 23.4. The fourth-order valence-electron chi connectivity index (χ4n) is 3.52. The lowest BCUT2D eigenvalue weighted by atomic mass is 10.1. The van der Waals surface area contributed by atoms with Gasteiger partial charge in [0.1, 0.15) is 12.4 Å². The highest BCUT2D eigenvalue weighted by Gasteiger charge is 2.34. The fraction of sp³-hybridized carbons (Fsp3) is 0.115. The summed E-state index contributed by atoms with van der Waals surface area (Å²) in [6.07, 6.45) is -3.06. The third kappa shape index (κ3) is 5.29. The quantitative estimate of drug-likeness (QED) is 0.310. The first-order valence-corrected chi connectivity index (χ1v) is 10.5. The third-order valence-corrected chi connectivity index (χ3v) is 5.54. The molecule has 4 aromatic rings. The minimum Gasteiger partial charge on any atom is -0.489 e. The number of aromatic nitrogens is 1. The first-order valence-electron chi connectivity index (χ1n) is 10.1. The first-order chi connectivity index (χ1) is 15.8. The Morgan fingerprint density at radius 1 is 0.879 bits per heavy atom. The molecule has 0 fully saturated rings. The Bertz CT molecular complexity index is 1320. The van der Waals surface area contributed by atoms with Gasteiger partial charge in [-0.3, -0.25) is 4.79 Å². The number of halogens is 4. The maximum atomic E-state index is 13.4. The number of hydrogen-bond donors (Lipinski definition) is 0. The van der Waals surface area contributed by atoms with Crippen LogP contribution in [0.5, 0.6) is 5.75 Å². The Morgan fingerprint density at radius 2 is 1.61 bits per heavy atom. The predicted molar refractivity (Wildman–Crippen MR) is 122 cm³/mol. The fourth-order valence-corrected chi connectivity index (χ4v) is 3.85. The summed E-state index contributed by atoms with van der Waals surface area (Å²) in [6.45, 7) is 0.640. The zero-order valence-electron chi connectivity index (χ0n) is 17.4. The van der Waals surface area contributed by atoms with Crippen LogP contribution >= 0.6 is 11.6 Å². The van der Waals surface area contributed by atoms with Gasteiger partial charge in [0.05, 0.1) is 22.8 Å². The molecule has 1 heterocycles. The van der Waals surface area contributed by atoms with Crippen LogP contribution in [0.2, 0.25) is 5.02 Å². The number of ether oxygens (including phenoxy) is 1. The van der Waals surface area contributed by atoms with Gasteiger partial charge in [0.2, 0.25) is 0 Å². The third-order valence-electron chi connectivity index (χ3n) is 5.14. The number of rotatable bonds is 6. The van der Waals surface area contributed by atoms with Gasteiger partial charge in [-0.2, -0.15) is 13.2 Å². The lowest BCUT2D eigenvalue weighted by Gasteiger charge is -2.18. The van der Waals surface area contributed by atoms with E-state index in [4.69, 9.17) is 16.3 Å². The van der Waals surface area contributed by atoms with Gasteiger partial charge < -0.3 is 9.30 Å². The molecule has 3 nitrogen and oxygen atoms in total. The van der Waals surface area contributed by atoms with Crippen molar-refractivity contribution in [2.75, 3.05) is 0 Å². The molecule has 4 rings (SSSR count). The smallest absolute Gasteiger partial charge is 0.417 e. The molecule has 0 aliphatic carbocycles. The van der Waals surface area contributed by atoms with Crippen molar-refractivity contribution in [3.05, 3.63) is 123 Å². The van der Waals surface area contributed by atoms with Crippen LogP contribution < -0.4 is 10.2 Å². The molecule has 0 unspecified atom stereocenters. The predicted octanol–water partition coefficient (Wildman–Crippen LogP) is 6.81. The van der Waals surface area contributed by atoms with E-state index in [1.165, 1.54) is 24.3 Å². The Kier molecular flexibility index (Phi) is 6.56. The molecule has 7 heteroatoms. The summed E-state index contributed by atoms with van der Waals surface area (Å²) in [4.78, 5) is 12.1. The van der Waals surface area contributed by atoms with Crippen LogP contribution in [0.3, 0.4) is 0 Å². The normalized spacial score (nSPS) is 11.4. The average Bonchev–Trinajstić information content (AvgIpc) is 2.80. The van der Waals surface area contributed by atoms with Gasteiger partial charge in [0.25, 0.3) is 0 Å². The van der Waals surface area contributed by atoms with E-state index in [0.717, 1.165) is 17.2 Å². The zero-order valence-corrected chi connectivity index (χ0v) is 18.1. The molecular weight excluding hydrogens is 451 g/mol. The van der Waals surface area contributed by atoms with Gasteiger partial charge in [0.15, 0.2) is 5.43 Å². The van der Waals surface area contributed by atoms with Crippen molar-refractivity contribution in [2.24, 2.45) is 0 Å². The largest absolute Gasteiger partial charge is 0.489 e. The average molecular weight is 470 g/mol. The Morgan fingerprint density at radius 3 is 2.36 bits per heavy atom. The van der Waals surface area contributed by atoms with Crippen LogP contribution in [0.1, 0.15) is 16.7 Å². The van der Waals surface area contributed by atoms with Gasteiger partial charge in [-0.25, -0.2) is 0 Å². The molecule has 0 atom stereocenters. The molecular formula is C26H19ClF3NO2. The summed E-state index contributed by atoms with van der Waals surface area (Å²) < 4.78 is 47.8. The van der Waals surface area contributed by atoms with Crippen LogP contribution in [0.4, 0.5) is 13.2 Å². The highest BCUT2D eigenvalue weighted by atomic mass is 35.5. The maximum absolute atomic E-state index is 13.4. The van der Waals surface area contributed by atoms with Crippen LogP contribution in [-0.2, 0) is 19.3 Å². The second kappa shape index (κ2) is 9.55. The van der Waals surface area contributed by atoms with E-state index in [1.807, 2.05) is 54.6 Å². The molecule has 0 aliphatic rings. The molecule has 168 valence electrons. The summed E-state index contributed by atoms with van der Waals surface area (Å²) in [5.74, 6) is 0.640. The van der Waals surface area contributed by atoms with Crippen LogP contribution in [0.25, 0.3) is 11.3 Å². The second-order valence-corrected chi connectivity index (χ2v) is 7.80. The molecule has 33 heavy (non-hydrogen) atoms. The summed E-state index contributed by atoms with van der Waals surface area (Å²) >= 11 is 6.14. The van der Waals surface area contributed by atoms with Crippen LogP contribution in [0.15, 0.2) is 95.9 Å². The van der Waals surface area contributed by atoms with E-state index in [0.29, 0.717) is 12.4 Å². The molecule has 3 aromatic carbocycles.